The lowest BCUT2D eigenvalue weighted by Crippen LogP contribution is -2.15. The van der Waals surface area contributed by atoms with Gasteiger partial charge in [-0.3, -0.25) is 4.79 Å². The molecule has 1 aromatic heterocycles. The summed E-state index contributed by atoms with van der Waals surface area (Å²) in [4.78, 5) is 16.3. The first kappa shape index (κ1) is 15.3. The molecule has 1 N–H and O–H groups in total. The zero-order chi connectivity index (χ0) is 16.2. The summed E-state index contributed by atoms with van der Waals surface area (Å²) in [6.45, 7) is 0. The van der Waals surface area contributed by atoms with Crippen molar-refractivity contribution in [1.82, 2.24) is 4.98 Å². The summed E-state index contributed by atoms with van der Waals surface area (Å²) in [7, 11) is 0. The van der Waals surface area contributed by atoms with E-state index in [0.717, 1.165) is 5.56 Å². The lowest BCUT2D eigenvalue weighted by molar-refractivity contribution is -0.115. The number of thiazole rings is 1. The van der Waals surface area contributed by atoms with Gasteiger partial charge in [-0.05, 0) is 36.4 Å². The second-order valence-electron chi connectivity index (χ2n) is 4.86. The van der Waals surface area contributed by atoms with Crippen LogP contribution in [0.15, 0.2) is 53.9 Å². The number of nitrogens with zero attached hydrogens (tertiary/aromatic N) is 1. The maximum absolute atomic E-state index is 13.5. The number of amides is 1. The van der Waals surface area contributed by atoms with Crippen LogP contribution in [0.2, 0.25) is 0 Å². The number of carbonyl (C=O) groups excluding carboxylic acids is 1. The molecule has 0 fully saturated rings. The van der Waals surface area contributed by atoms with Gasteiger partial charge in [0, 0.05) is 10.9 Å². The second-order valence-corrected chi connectivity index (χ2v) is 5.71. The van der Waals surface area contributed by atoms with Crippen molar-refractivity contribution in [2.75, 3.05) is 5.32 Å². The molecule has 3 nitrogen and oxygen atoms in total. The average Bonchev–Trinajstić information content (AvgIpc) is 2.98. The summed E-state index contributed by atoms with van der Waals surface area (Å²) >= 11 is 1.37. The lowest BCUT2D eigenvalue weighted by atomic mass is 10.2. The van der Waals surface area contributed by atoms with Crippen LogP contribution >= 0.6 is 11.3 Å². The Balaban J connectivity index is 1.68. The molecule has 0 unspecified atom stereocenters. The van der Waals surface area contributed by atoms with Gasteiger partial charge < -0.3 is 5.32 Å². The van der Waals surface area contributed by atoms with E-state index in [9.17, 15) is 13.6 Å². The number of carbonyl (C=O) groups is 1. The molecule has 0 saturated carbocycles. The number of hydrogen-bond donors (Lipinski definition) is 1. The van der Waals surface area contributed by atoms with Crippen LogP contribution in [0.25, 0.3) is 10.6 Å². The molecular formula is C17H12F2N2OS. The first-order chi connectivity index (χ1) is 11.1. The predicted molar refractivity (Wildman–Crippen MR) is 86.2 cm³/mol. The van der Waals surface area contributed by atoms with Crippen molar-refractivity contribution in [2.45, 2.75) is 6.42 Å². The van der Waals surface area contributed by atoms with Crippen LogP contribution in [0.4, 0.5) is 14.5 Å². The third kappa shape index (κ3) is 3.78. The van der Waals surface area contributed by atoms with Crippen molar-refractivity contribution in [1.29, 1.82) is 0 Å². The molecule has 1 heterocycles. The number of anilines is 1. The highest BCUT2D eigenvalue weighted by Gasteiger charge is 2.11. The minimum atomic E-state index is -0.480. The Morgan fingerprint density at radius 1 is 1.09 bits per heavy atom. The van der Waals surface area contributed by atoms with Gasteiger partial charge in [0.05, 0.1) is 17.8 Å². The van der Waals surface area contributed by atoms with Crippen molar-refractivity contribution in [2.24, 2.45) is 0 Å². The van der Waals surface area contributed by atoms with Crippen LogP contribution in [0.5, 0.6) is 0 Å². The van der Waals surface area contributed by atoms with E-state index in [0.29, 0.717) is 10.7 Å². The molecule has 6 heteroatoms. The van der Waals surface area contributed by atoms with E-state index in [1.807, 2.05) is 0 Å². The third-order valence-electron chi connectivity index (χ3n) is 3.13. The van der Waals surface area contributed by atoms with Gasteiger partial charge in [0.2, 0.25) is 5.91 Å². The third-order valence-corrected chi connectivity index (χ3v) is 4.07. The first-order valence-corrected chi connectivity index (χ1v) is 7.74. The zero-order valence-electron chi connectivity index (χ0n) is 11.9. The van der Waals surface area contributed by atoms with E-state index in [2.05, 4.69) is 10.3 Å². The van der Waals surface area contributed by atoms with Crippen LogP contribution in [0, 0.1) is 11.6 Å². The molecule has 0 spiro atoms. The first-order valence-electron chi connectivity index (χ1n) is 6.86. The molecule has 0 saturated heterocycles. The Hall–Kier alpha value is -2.60. The van der Waals surface area contributed by atoms with E-state index in [1.54, 1.807) is 29.6 Å². The summed E-state index contributed by atoms with van der Waals surface area (Å²) in [6, 6.07) is 12.0. The molecule has 2 aromatic carbocycles. The van der Waals surface area contributed by atoms with Gasteiger partial charge in [0.1, 0.15) is 16.6 Å². The van der Waals surface area contributed by atoms with E-state index in [4.69, 9.17) is 0 Å². The van der Waals surface area contributed by atoms with Crippen LogP contribution in [0.1, 0.15) is 5.69 Å². The number of rotatable bonds is 4. The Labute approximate surface area is 135 Å². The molecule has 1 amide bonds. The Morgan fingerprint density at radius 3 is 2.57 bits per heavy atom. The van der Waals surface area contributed by atoms with Crippen molar-refractivity contribution in [3.05, 3.63) is 71.2 Å². The summed E-state index contributed by atoms with van der Waals surface area (Å²) in [5.74, 6) is -1.13. The zero-order valence-corrected chi connectivity index (χ0v) is 12.7. The van der Waals surface area contributed by atoms with Gasteiger partial charge in [-0.25, -0.2) is 13.8 Å². The highest BCUT2D eigenvalue weighted by atomic mass is 32.1. The largest absolute Gasteiger partial charge is 0.323 e. The molecule has 0 radical (unpaired) electrons. The quantitative estimate of drug-likeness (QED) is 0.776. The van der Waals surface area contributed by atoms with Gasteiger partial charge >= 0.3 is 0 Å². The lowest BCUT2D eigenvalue weighted by Gasteiger charge is -2.04. The summed E-state index contributed by atoms with van der Waals surface area (Å²) < 4.78 is 26.4. The van der Waals surface area contributed by atoms with Crippen LogP contribution in [0.3, 0.4) is 0 Å². The topological polar surface area (TPSA) is 42.0 Å². The molecule has 116 valence electrons. The van der Waals surface area contributed by atoms with E-state index in [1.165, 1.54) is 35.6 Å². The van der Waals surface area contributed by atoms with Crippen LogP contribution < -0.4 is 5.32 Å². The summed E-state index contributed by atoms with van der Waals surface area (Å²) in [6.07, 6.45) is 0.0476. The normalized spacial score (nSPS) is 10.5. The van der Waals surface area contributed by atoms with E-state index in [-0.39, 0.29) is 23.8 Å². The standard InChI is InChI=1S/C17H12F2N2OS/c18-12-7-5-11(6-8-12)17-20-13(10-23-17)9-16(22)21-15-4-2-1-3-14(15)19/h1-8,10H,9H2,(H,21,22). The maximum atomic E-state index is 13.5. The van der Waals surface area contributed by atoms with Gasteiger partial charge in [-0.1, -0.05) is 12.1 Å². The Kier molecular flexibility index (Phi) is 4.43. The predicted octanol–water partition coefficient (Wildman–Crippen LogP) is 4.27. The SMILES string of the molecule is O=C(Cc1csc(-c2ccc(F)cc2)n1)Nc1ccccc1F. The Morgan fingerprint density at radius 2 is 1.83 bits per heavy atom. The van der Waals surface area contributed by atoms with E-state index >= 15 is 0 Å². The fourth-order valence-corrected chi connectivity index (χ4v) is 2.86. The fraction of sp³-hybridized carbons (Fsp3) is 0.0588. The van der Waals surface area contributed by atoms with Gasteiger partial charge in [-0.15, -0.1) is 11.3 Å². The van der Waals surface area contributed by atoms with Crippen LogP contribution in [-0.2, 0) is 11.2 Å². The number of halogens is 2. The van der Waals surface area contributed by atoms with Crippen molar-refractivity contribution < 1.29 is 13.6 Å². The maximum Gasteiger partial charge on any atom is 0.230 e. The smallest absolute Gasteiger partial charge is 0.230 e. The molecule has 3 rings (SSSR count). The number of benzene rings is 2. The molecule has 0 aliphatic carbocycles. The van der Waals surface area contributed by atoms with Crippen molar-refractivity contribution in [3.8, 4) is 10.6 Å². The fourth-order valence-electron chi connectivity index (χ4n) is 2.03. The minimum absolute atomic E-state index is 0.0476. The monoisotopic (exact) mass is 330 g/mol. The Bertz CT molecular complexity index is 831. The van der Waals surface area contributed by atoms with Crippen molar-refractivity contribution in [3.63, 3.8) is 0 Å². The molecule has 0 aliphatic rings. The van der Waals surface area contributed by atoms with Crippen molar-refractivity contribution >= 4 is 22.9 Å². The second kappa shape index (κ2) is 6.66. The summed E-state index contributed by atoms with van der Waals surface area (Å²) in [5.41, 5.74) is 1.52. The van der Waals surface area contributed by atoms with Gasteiger partial charge in [0.25, 0.3) is 0 Å². The molecule has 3 aromatic rings. The number of aromatic nitrogens is 1. The van der Waals surface area contributed by atoms with Gasteiger partial charge in [-0.2, -0.15) is 0 Å². The molecule has 23 heavy (non-hydrogen) atoms. The molecule has 0 atom stereocenters. The van der Waals surface area contributed by atoms with Crippen LogP contribution in [-0.4, -0.2) is 10.9 Å². The minimum Gasteiger partial charge on any atom is -0.323 e. The molecular weight excluding hydrogens is 318 g/mol. The van der Waals surface area contributed by atoms with Gasteiger partial charge in [0.15, 0.2) is 0 Å². The molecule has 0 aliphatic heterocycles. The average molecular weight is 330 g/mol. The highest BCUT2D eigenvalue weighted by Crippen LogP contribution is 2.24. The highest BCUT2D eigenvalue weighted by molar-refractivity contribution is 7.13. The molecule has 0 bridgehead atoms. The number of para-hydroxylation sites is 1. The number of nitrogens with one attached hydrogen (secondary N) is 1. The number of hydrogen-bond acceptors (Lipinski definition) is 3. The summed E-state index contributed by atoms with van der Waals surface area (Å²) in [5, 5.41) is 4.99. The van der Waals surface area contributed by atoms with E-state index < -0.39 is 5.82 Å².